The fraction of sp³-hybridized carbons (Fsp3) is 0.938. The Labute approximate surface area is 511 Å². The van der Waals surface area contributed by atoms with Gasteiger partial charge in [0.25, 0.3) is 0 Å². The Morgan fingerprint density at radius 2 is 0.548 bits per heavy atom. The van der Waals surface area contributed by atoms with Crippen LogP contribution < -0.4 is 0 Å². The second-order valence-corrected chi connectivity index (χ2v) is 27.8. The predicted octanol–water partition coefficient (Wildman–Crippen LogP) is 17.9. The van der Waals surface area contributed by atoms with Crippen LogP contribution in [0.4, 0.5) is 0 Å². The second kappa shape index (κ2) is 56.3. The molecule has 2 unspecified atom stereocenters. The maximum Gasteiger partial charge on any atom is 0.472 e. The normalized spacial score (nSPS) is 14.3. The predicted molar refractivity (Wildman–Crippen MR) is 335 cm³/mol. The zero-order valence-electron chi connectivity index (χ0n) is 54.4. The Morgan fingerprint density at radius 3 is 0.810 bits per heavy atom. The molecule has 0 rings (SSSR count). The van der Waals surface area contributed by atoms with E-state index >= 15 is 0 Å². The van der Waals surface area contributed by atoms with Gasteiger partial charge in [-0.15, -0.1) is 0 Å². The molecular formula is C65H126O17P2. The summed E-state index contributed by atoms with van der Waals surface area (Å²) in [6.07, 6.45) is 37.7. The van der Waals surface area contributed by atoms with E-state index in [1.54, 1.807) is 0 Å². The summed E-state index contributed by atoms with van der Waals surface area (Å²) < 4.78 is 68.0. The molecule has 0 spiro atoms. The minimum atomic E-state index is -4.95. The van der Waals surface area contributed by atoms with Gasteiger partial charge < -0.3 is 33.8 Å². The van der Waals surface area contributed by atoms with Gasteiger partial charge in [-0.05, 0) is 43.4 Å². The van der Waals surface area contributed by atoms with Gasteiger partial charge in [-0.25, -0.2) is 9.13 Å². The minimum absolute atomic E-state index is 0.103. The third-order valence-corrected chi connectivity index (χ3v) is 16.8. The van der Waals surface area contributed by atoms with Gasteiger partial charge in [0.15, 0.2) is 12.2 Å². The molecule has 19 heteroatoms. The van der Waals surface area contributed by atoms with Crippen LogP contribution in [0.1, 0.15) is 318 Å². The molecule has 0 fully saturated rings. The lowest BCUT2D eigenvalue weighted by Crippen LogP contribution is -2.30. The Hall–Kier alpha value is -1.94. The highest BCUT2D eigenvalue weighted by atomic mass is 31.2. The number of hydrogen-bond acceptors (Lipinski definition) is 15. The van der Waals surface area contributed by atoms with Crippen LogP contribution in [-0.4, -0.2) is 96.7 Å². The summed E-state index contributed by atoms with van der Waals surface area (Å²) in [4.78, 5) is 72.2. The van der Waals surface area contributed by atoms with Gasteiger partial charge >= 0.3 is 39.5 Å². The highest BCUT2D eigenvalue weighted by Crippen LogP contribution is 2.45. The van der Waals surface area contributed by atoms with Crippen molar-refractivity contribution in [3.8, 4) is 0 Å². The minimum Gasteiger partial charge on any atom is -0.462 e. The molecule has 0 aromatic heterocycles. The summed E-state index contributed by atoms with van der Waals surface area (Å²) in [5, 5.41) is 10.5. The summed E-state index contributed by atoms with van der Waals surface area (Å²) >= 11 is 0. The van der Waals surface area contributed by atoms with E-state index in [9.17, 15) is 43.2 Å². The van der Waals surface area contributed by atoms with Gasteiger partial charge in [0, 0.05) is 25.7 Å². The van der Waals surface area contributed by atoms with Gasteiger partial charge in [-0.3, -0.25) is 37.3 Å². The molecular weight excluding hydrogens is 1110 g/mol. The van der Waals surface area contributed by atoms with Crippen molar-refractivity contribution in [1.82, 2.24) is 0 Å². The Balaban J connectivity index is 5.23. The molecule has 0 aliphatic carbocycles. The number of hydrogen-bond donors (Lipinski definition) is 3. The number of phosphoric acid groups is 2. The lowest BCUT2D eigenvalue weighted by Gasteiger charge is -2.21. The average molecular weight is 1240 g/mol. The molecule has 0 bridgehead atoms. The highest BCUT2D eigenvalue weighted by molar-refractivity contribution is 7.47. The molecule has 498 valence electrons. The number of aliphatic hydroxyl groups excluding tert-OH is 1. The fourth-order valence-corrected chi connectivity index (χ4v) is 11.2. The fourth-order valence-electron chi connectivity index (χ4n) is 9.66. The van der Waals surface area contributed by atoms with Crippen LogP contribution in [0.2, 0.25) is 0 Å². The number of rotatable bonds is 63. The standard InChI is InChI=1S/C65H126O17P2/c1-8-9-10-11-12-25-32-39-46-62(67)75-52-61(82-65(70)49-42-35-28-21-24-31-38-45-58(6)7)55-80-84(73,74)78-51-59(66)50-77-83(71,72)79-54-60(81-64(69)48-41-34-27-20-16-14-18-23-30-37-44-57(4)5)53-76-63(68)47-40-33-26-19-15-13-17-22-29-36-43-56(2)3/h56-61,66H,8-55H2,1-7H3,(H,71,72)(H,73,74)/t59-,60-,61-/m1/s1. The summed E-state index contributed by atoms with van der Waals surface area (Å²) in [6.45, 7) is 11.7. The summed E-state index contributed by atoms with van der Waals surface area (Å²) in [6, 6.07) is 0. The number of esters is 4. The summed E-state index contributed by atoms with van der Waals surface area (Å²) in [7, 11) is -9.89. The Kier molecular flexibility index (Phi) is 55.0. The van der Waals surface area contributed by atoms with E-state index in [2.05, 4.69) is 48.5 Å². The highest BCUT2D eigenvalue weighted by Gasteiger charge is 2.30. The molecule has 0 heterocycles. The van der Waals surface area contributed by atoms with E-state index < -0.39 is 97.5 Å². The molecule has 0 radical (unpaired) electrons. The van der Waals surface area contributed by atoms with E-state index in [1.807, 2.05) is 0 Å². The largest absolute Gasteiger partial charge is 0.472 e. The molecule has 0 aromatic carbocycles. The van der Waals surface area contributed by atoms with Gasteiger partial charge in [-0.1, -0.05) is 267 Å². The van der Waals surface area contributed by atoms with Crippen molar-refractivity contribution < 1.29 is 80.2 Å². The van der Waals surface area contributed by atoms with E-state index in [-0.39, 0.29) is 25.7 Å². The first-order valence-electron chi connectivity index (χ1n) is 33.8. The third kappa shape index (κ3) is 59.0. The van der Waals surface area contributed by atoms with E-state index in [1.165, 1.54) is 122 Å². The number of ether oxygens (including phenoxy) is 4. The van der Waals surface area contributed by atoms with Crippen LogP contribution in [-0.2, 0) is 65.4 Å². The Morgan fingerprint density at radius 1 is 0.321 bits per heavy atom. The molecule has 3 N–H and O–H groups in total. The zero-order chi connectivity index (χ0) is 62.4. The maximum absolute atomic E-state index is 13.0. The van der Waals surface area contributed by atoms with Crippen molar-refractivity contribution in [2.75, 3.05) is 39.6 Å². The maximum atomic E-state index is 13.0. The van der Waals surface area contributed by atoms with Crippen molar-refractivity contribution in [2.24, 2.45) is 17.8 Å². The molecule has 0 aliphatic heterocycles. The SMILES string of the molecule is CCCCCCCCCCC(=O)OC[C@H](COP(=O)(O)OC[C@H](O)COP(=O)(O)OC[C@@H](COC(=O)CCCCCCCCCCCCC(C)C)OC(=O)CCCCCCCCCCCCC(C)C)OC(=O)CCCCCCCCCC(C)C. The van der Waals surface area contributed by atoms with Crippen LogP contribution in [0, 0.1) is 17.8 Å². The van der Waals surface area contributed by atoms with E-state index in [0.29, 0.717) is 31.6 Å². The first-order chi connectivity index (χ1) is 40.2. The number of carbonyl (C=O) groups is 4. The lowest BCUT2D eigenvalue weighted by atomic mass is 10.0. The van der Waals surface area contributed by atoms with E-state index in [4.69, 9.17) is 37.0 Å². The quantitative estimate of drug-likeness (QED) is 0.0222. The third-order valence-electron chi connectivity index (χ3n) is 14.9. The van der Waals surface area contributed by atoms with Crippen molar-refractivity contribution >= 4 is 39.5 Å². The average Bonchev–Trinajstić information content (AvgIpc) is 3.49. The summed E-state index contributed by atoms with van der Waals surface area (Å²) in [5.41, 5.74) is 0. The number of phosphoric ester groups is 2. The van der Waals surface area contributed by atoms with Crippen molar-refractivity contribution in [2.45, 2.75) is 336 Å². The Bertz CT molecular complexity index is 1660. The van der Waals surface area contributed by atoms with Crippen LogP contribution in [0.25, 0.3) is 0 Å². The van der Waals surface area contributed by atoms with Crippen LogP contribution >= 0.6 is 15.6 Å². The topological polar surface area (TPSA) is 237 Å². The monoisotopic (exact) mass is 1240 g/mol. The number of aliphatic hydroxyl groups is 1. The van der Waals surface area contributed by atoms with Gasteiger partial charge in [0.2, 0.25) is 0 Å². The molecule has 84 heavy (non-hydrogen) atoms. The molecule has 0 aromatic rings. The first kappa shape index (κ1) is 82.1. The van der Waals surface area contributed by atoms with Crippen molar-refractivity contribution in [3.05, 3.63) is 0 Å². The lowest BCUT2D eigenvalue weighted by molar-refractivity contribution is -0.161. The second-order valence-electron chi connectivity index (χ2n) is 24.9. The van der Waals surface area contributed by atoms with Crippen LogP contribution in [0.5, 0.6) is 0 Å². The van der Waals surface area contributed by atoms with Gasteiger partial charge in [-0.2, -0.15) is 0 Å². The number of carbonyl (C=O) groups excluding carboxylic acids is 4. The van der Waals surface area contributed by atoms with Crippen molar-refractivity contribution in [1.29, 1.82) is 0 Å². The first-order valence-corrected chi connectivity index (χ1v) is 36.8. The molecule has 0 aliphatic rings. The van der Waals surface area contributed by atoms with Gasteiger partial charge in [0.1, 0.15) is 19.3 Å². The molecule has 5 atom stereocenters. The zero-order valence-corrected chi connectivity index (χ0v) is 56.1. The molecule has 0 amide bonds. The number of unbranched alkanes of at least 4 members (excludes halogenated alkanes) is 31. The molecule has 0 saturated heterocycles. The molecule has 0 saturated carbocycles. The smallest absolute Gasteiger partial charge is 0.462 e. The van der Waals surface area contributed by atoms with Crippen molar-refractivity contribution in [3.63, 3.8) is 0 Å². The van der Waals surface area contributed by atoms with E-state index in [0.717, 1.165) is 108 Å². The summed E-state index contributed by atoms with van der Waals surface area (Å²) in [5.74, 6) is 0.0686. The van der Waals surface area contributed by atoms with Crippen LogP contribution in [0.3, 0.4) is 0 Å². The van der Waals surface area contributed by atoms with Gasteiger partial charge in [0.05, 0.1) is 26.4 Å². The molecule has 17 nitrogen and oxygen atoms in total. The van der Waals surface area contributed by atoms with Crippen LogP contribution in [0.15, 0.2) is 0 Å².